The molecule has 3 amide bonds. The van der Waals surface area contributed by atoms with Crippen molar-refractivity contribution in [3.63, 3.8) is 0 Å². The first-order valence-corrected chi connectivity index (χ1v) is 7.93. The van der Waals surface area contributed by atoms with Gasteiger partial charge in [0.1, 0.15) is 12.6 Å². The van der Waals surface area contributed by atoms with Gasteiger partial charge in [-0.25, -0.2) is 4.79 Å². The summed E-state index contributed by atoms with van der Waals surface area (Å²) >= 11 is 3.19. The highest BCUT2D eigenvalue weighted by atomic mass is 79.9. The molecule has 0 aliphatic carbocycles. The van der Waals surface area contributed by atoms with E-state index in [-0.39, 0.29) is 24.2 Å². The van der Waals surface area contributed by atoms with Crippen LogP contribution in [-0.4, -0.2) is 33.1 Å². The van der Waals surface area contributed by atoms with Crippen LogP contribution in [-0.2, 0) is 11.3 Å². The summed E-state index contributed by atoms with van der Waals surface area (Å²) in [7, 11) is 0. The topological polar surface area (TPSA) is 101 Å². The molecule has 3 heterocycles. The molecule has 0 saturated carbocycles. The van der Waals surface area contributed by atoms with E-state index in [4.69, 9.17) is 8.83 Å². The maximum atomic E-state index is 12.3. The van der Waals surface area contributed by atoms with Gasteiger partial charge >= 0.3 is 6.03 Å². The zero-order valence-electron chi connectivity index (χ0n) is 12.6. The molecule has 1 unspecified atom stereocenters. The first-order valence-electron chi connectivity index (χ1n) is 7.14. The predicted molar refractivity (Wildman–Crippen MR) is 82.0 cm³/mol. The average Bonchev–Trinajstić information content (AvgIpc) is 3.16. The van der Waals surface area contributed by atoms with Crippen LogP contribution >= 0.6 is 15.9 Å². The maximum absolute atomic E-state index is 12.3. The Hall–Kier alpha value is -2.16. The Morgan fingerprint density at radius 3 is 2.74 bits per heavy atom. The molecule has 23 heavy (non-hydrogen) atoms. The lowest BCUT2D eigenvalue weighted by Gasteiger charge is -2.11. The lowest BCUT2D eigenvalue weighted by atomic mass is 10.0. The number of hydrogen-bond acceptors (Lipinski definition) is 6. The first-order chi connectivity index (χ1) is 10.9. The Kier molecular flexibility index (Phi) is 4.20. The summed E-state index contributed by atoms with van der Waals surface area (Å²) in [6.45, 7) is 3.93. The molecule has 1 aliphatic heterocycles. The Labute approximate surface area is 140 Å². The number of halogens is 1. The van der Waals surface area contributed by atoms with Gasteiger partial charge < -0.3 is 14.2 Å². The van der Waals surface area contributed by atoms with Crippen molar-refractivity contribution >= 4 is 27.9 Å². The normalized spacial score (nSPS) is 18.1. The minimum atomic E-state index is -0.495. The quantitative estimate of drug-likeness (QED) is 0.797. The van der Waals surface area contributed by atoms with E-state index in [2.05, 4.69) is 31.4 Å². The predicted octanol–water partition coefficient (Wildman–Crippen LogP) is 2.56. The first kappa shape index (κ1) is 15.7. The van der Waals surface area contributed by atoms with Gasteiger partial charge in [0, 0.05) is 0 Å². The molecule has 8 nitrogen and oxygen atoms in total. The van der Waals surface area contributed by atoms with Crippen molar-refractivity contribution in [2.24, 2.45) is 5.92 Å². The molecule has 1 fully saturated rings. The van der Waals surface area contributed by atoms with E-state index in [9.17, 15) is 9.59 Å². The fourth-order valence-electron chi connectivity index (χ4n) is 2.34. The van der Waals surface area contributed by atoms with Gasteiger partial charge in [0.15, 0.2) is 10.4 Å². The second kappa shape index (κ2) is 6.15. The van der Waals surface area contributed by atoms with Crippen molar-refractivity contribution in [1.82, 2.24) is 20.4 Å². The number of imide groups is 1. The van der Waals surface area contributed by atoms with Crippen molar-refractivity contribution in [2.75, 3.05) is 0 Å². The average molecular weight is 383 g/mol. The summed E-state index contributed by atoms with van der Waals surface area (Å²) in [6, 6.07) is 2.44. The number of amides is 3. The molecule has 122 valence electrons. The Bertz CT molecular complexity index is 739. The van der Waals surface area contributed by atoms with Crippen LogP contribution in [0.4, 0.5) is 4.79 Å². The van der Waals surface area contributed by atoms with Crippen LogP contribution in [0.15, 0.2) is 25.6 Å². The van der Waals surface area contributed by atoms with E-state index in [1.54, 1.807) is 12.1 Å². The highest BCUT2D eigenvalue weighted by molar-refractivity contribution is 9.10. The number of furan rings is 1. The number of urea groups is 1. The molecule has 0 radical (unpaired) electrons. The van der Waals surface area contributed by atoms with Crippen molar-refractivity contribution in [3.05, 3.63) is 22.7 Å². The summed E-state index contributed by atoms with van der Waals surface area (Å²) in [4.78, 5) is 25.3. The summed E-state index contributed by atoms with van der Waals surface area (Å²) in [5.74, 6) is 0.795. The molecule has 2 aromatic heterocycles. The molecular formula is C14H15BrN4O4. The van der Waals surface area contributed by atoms with E-state index in [0.29, 0.717) is 22.8 Å². The van der Waals surface area contributed by atoms with Gasteiger partial charge in [0.2, 0.25) is 5.89 Å². The summed E-state index contributed by atoms with van der Waals surface area (Å²) in [5, 5.41) is 10.4. The van der Waals surface area contributed by atoms with E-state index in [1.165, 1.54) is 0 Å². The molecule has 0 bridgehead atoms. The monoisotopic (exact) mass is 382 g/mol. The summed E-state index contributed by atoms with van der Waals surface area (Å²) in [6.07, 6.45) is 0.594. The Morgan fingerprint density at radius 1 is 1.30 bits per heavy atom. The Morgan fingerprint density at radius 2 is 2.09 bits per heavy atom. The Balaban J connectivity index is 1.71. The van der Waals surface area contributed by atoms with Crippen LogP contribution in [0, 0.1) is 5.92 Å². The maximum Gasteiger partial charge on any atom is 0.325 e. The lowest BCUT2D eigenvalue weighted by Crippen LogP contribution is -2.31. The molecule has 1 saturated heterocycles. The standard InChI is InChI=1S/C14H15BrN4O4/c1-7(2)5-8-13(20)19(14(21)16-8)6-11-17-18-12(23-11)9-3-4-10(15)22-9/h3-4,7-8H,5-6H2,1-2H3,(H,16,21). The number of hydrogen-bond donors (Lipinski definition) is 1. The number of carbonyl (C=O) groups is 2. The van der Waals surface area contributed by atoms with E-state index in [0.717, 1.165) is 4.90 Å². The van der Waals surface area contributed by atoms with E-state index < -0.39 is 12.1 Å². The van der Waals surface area contributed by atoms with Crippen LogP contribution in [0.25, 0.3) is 11.7 Å². The molecular weight excluding hydrogens is 368 g/mol. The van der Waals surface area contributed by atoms with Gasteiger partial charge in [-0.2, -0.15) is 0 Å². The van der Waals surface area contributed by atoms with Crippen LogP contribution in [0.3, 0.4) is 0 Å². The summed E-state index contributed by atoms with van der Waals surface area (Å²) in [5.41, 5.74) is 0. The fourth-order valence-corrected chi connectivity index (χ4v) is 2.65. The highest BCUT2D eigenvalue weighted by Crippen LogP contribution is 2.24. The number of nitrogens with one attached hydrogen (secondary N) is 1. The van der Waals surface area contributed by atoms with Crippen molar-refractivity contribution in [2.45, 2.75) is 32.9 Å². The van der Waals surface area contributed by atoms with Crippen LogP contribution < -0.4 is 5.32 Å². The molecule has 3 rings (SSSR count). The van der Waals surface area contributed by atoms with Crippen LogP contribution in [0.2, 0.25) is 0 Å². The number of carbonyl (C=O) groups excluding carboxylic acids is 2. The second-order valence-electron chi connectivity index (χ2n) is 5.66. The second-order valence-corrected chi connectivity index (χ2v) is 6.44. The van der Waals surface area contributed by atoms with Crippen LogP contribution in [0.5, 0.6) is 0 Å². The summed E-state index contributed by atoms with van der Waals surface area (Å²) < 4.78 is 11.3. The smallest absolute Gasteiger partial charge is 0.325 e. The molecule has 1 aliphatic rings. The van der Waals surface area contributed by atoms with Gasteiger partial charge in [0.25, 0.3) is 11.8 Å². The molecule has 2 aromatic rings. The lowest BCUT2D eigenvalue weighted by molar-refractivity contribution is -0.128. The van der Waals surface area contributed by atoms with Crippen LogP contribution in [0.1, 0.15) is 26.2 Å². The molecule has 1 N–H and O–H groups in total. The third kappa shape index (κ3) is 3.29. The van der Waals surface area contributed by atoms with Gasteiger partial charge in [-0.1, -0.05) is 13.8 Å². The number of aromatic nitrogens is 2. The molecule has 9 heteroatoms. The zero-order chi connectivity index (χ0) is 16.6. The third-order valence-electron chi connectivity index (χ3n) is 3.36. The van der Waals surface area contributed by atoms with E-state index in [1.807, 2.05) is 13.8 Å². The van der Waals surface area contributed by atoms with Gasteiger partial charge in [-0.15, -0.1) is 10.2 Å². The SMILES string of the molecule is CC(C)CC1NC(=O)N(Cc2nnc(-c3ccc(Br)o3)o2)C1=O. The number of nitrogens with zero attached hydrogens (tertiary/aromatic N) is 3. The van der Waals surface area contributed by atoms with Gasteiger partial charge in [-0.05, 0) is 40.4 Å². The van der Waals surface area contributed by atoms with Crippen molar-refractivity contribution in [1.29, 1.82) is 0 Å². The van der Waals surface area contributed by atoms with Crippen molar-refractivity contribution < 1.29 is 18.4 Å². The molecule has 0 aromatic carbocycles. The fraction of sp³-hybridized carbons (Fsp3) is 0.429. The zero-order valence-corrected chi connectivity index (χ0v) is 14.2. The van der Waals surface area contributed by atoms with Crippen molar-refractivity contribution in [3.8, 4) is 11.7 Å². The number of rotatable bonds is 5. The molecule has 1 atom stereocenters. The highest BCUT2D eigenvalue weighted by Gasteiger charge is 2.38. The molecule has 0 spiro atoms. The third-order valence-corrected chi connectivity index (χ3v) is 3.78. The van der Waals surface area contributed by atoms with E-state index >= 15 is 0 Å². The van der Waals surface area contributed by atoms with Gasteiger partial charge in [0.05, 0.1) is 0 Å². The minimum Gasteiger partial charge on any atom is -0.444 e. The van der Waals surface area contributed by atoms with Gasteiger partial charge in [-0.3, -0.25) is 9.69 Å². The minimum absolute atomic E-state index is 0.0614. The largest absolute Gasteiger partial charge is 0.444 e.